The molecule has 6 heteroatoms. The van der Waals surface area contributed by atoms with Crippen LogP contribution in [0.2, 0.25) is 5.02 Å². The van der Waals surface area contributed by atoms with Crippen LogP contribution in [-0.2, 0) is 10.4 Å². The molecule has 2 amide bonds. The van der Waals surface area contributed by atoms with E-state index in [1.54, 1.807) is 41.3 Å². The van der Waals surface area contributed by atoms with Crippen molar-refractivity contribution in [3.8, 4) is 0 Å². The average Bonchev–Trinajstić information content (AvgIpc) is 2.71. The molecule has 0 saturated carbocycles. The summed E-state index contributed by atoms with van der Waals surface area (Å²) in [6.45, 7) is 5.13. The SMILES string of the molecule is CC1(C)CN(C(=O)CCNC(=O)c2ccccc2)CC[C@]1(O)c1ccc(Cl)cc1. The molecule has 29 heavy (non-hydrogen) atoms. The third kappa shape index (κ3) is 4.62. The van der Waals surface area contributed by atoms with Gasteiger partial charge in [-0.25, -0.2) is 0 Å². The molecule has 1 fully saturated rings. The fraction of sp³-hybridized carbons (Fsp3) is 0.391. The number of hydrogen-bond donors (Lipinski definition) is 2. The maximum absolute atomic E-state index is 12.7. The minimum Gasteiger partial charge on any atom is -0.384 e. The van der Waals surface area contributed by atoms with Gasteiger partial charge in [-0.3, -0.25) is 9.59 Å². The topological polar surface area (TPSA) is 69.6 Å². The largest absolute Gasteiger partial charge is 0.384 e. The Kier molecular flexibility index (Phi) is 6.30. The predicted octanol–water partition coefficient (Wildman–Crippen LogP) is 3.61. The fourth-order valence-corrected chi connectivity index (χ4v) is 4.05. The van der Waals surface area contributed by atoms with E-state index in [1.165, 1.54) is 0 Å². The summed E-state index contributed by atoms with van der Waals surface area (Å²) in [7, 11) is 0. The second-order valence-electron chi connectivity index (χ2n) is 8.19. The zero-order valence-corrected chi connectivity index (χ0v) is 17.6. The molecule has 1 saturated heterocycles. The Hall–Kier alpha value is -2.37. The summed E-state index contributed by atoms with van der Waals surface area (Å²) < 4.78 is 0. The monoisotopic (exact) mass is 414 g/mol. The normalized spacial score (nSPS) is 20.9. The summed E-state index contributed by atoms with van der Waals surface area (Å²) in [5, 5.41) is 14.8. The molecule has 1 heterocycles. The summed E-state index contributed by atoms with van der Waals surface area (Å²) in [4.78, 5) is 26.5. The molecule has 2 N–H and O–H groups in total. The Labute approximate surface area is 176 Å². The van der Waals surface area contributed by atoms with Crippen molar-refractivity contribution in [3.05, 3.63) is 70.7 Å². The molecule has 0 bridgehead atoms. The number of likely N-dealkylation sites (tertiary alicyclic amines) is 1. The van der Waals surface area contributed by atoms with Gasteiger partial charge in [0.25, 0.3) is 5.91 Å². The van der Waals surface area contributed by atoms with E-state index in [0.29, 0.717) is 30.1 Å². The number of halogens is 1. The smallest absolute Gasteiger partial charge is 0.251 e. The van der Waals surface area contributed by atoms with E-state index in [-0.39, 0.29) is 24.8 Å². The number of amides is 2. The van der Waals surface area contributed by atoms with Gasteiger partial charge in [-0.2, -0.15) is 0 Å². The van der Waals surface area contributed by atoms with Crippen LogP contribution in [0.15, 0.2) is 54.6 Å². The van der Waals surface area contributed by atoms with Gasteiger partial charge < -0.3 is 15.3 Å². The number of nitrogens with one attached hydrogen (secondary N) is 1. The molecule has 2 aromatic rings. The number of aliphatic hydroxyl groups is 1. The third-order valence-electron chi connectivity index (χ3n) is 5.78. The number of piperidine rings is 1. The van der Waals surface area contributed by atoms with Gasteiger partial charge in [0.2, 0.25) is 5.91 Å². The molecule has 1 aliphatic rings. The first-order valence-electron chi connectivity index (χ1n) is 9.82. The van der Waals surface area contributed by atoms with Crippen molar-refractivity contribution in [2.75, 3.05) is 19.6 Å². The Morgan fingerprint density at radius 1 is 1.10 bits per heavy atom. The Balaban J connectivity index is 1.57. The van der Waals surface area contributed by atoms with E-state index in [0.717, 1.165) is 5.56 Å². The van der Waals surface area contributed by atoms with Gasteiger partial charge in [0, 0.05) is 42.1 Å². The maximum atomic E-state index is 12.7. The number of rotatable bonds is 5. The molecular weight excluding hydrogens is 388 g/mol. The highest BCUT2D eigenvalue weighted by atomic mass is 35.5. The number of hydrogen-bond acceptors (Lipinski definition) is 3. The van der Waals surface area contributed by atoms with E-state index in [4.69, 9.17) is 11.6 Å². The first-order valence-corrected chi connectivity index (χ1v) is 10.2. The van der Waals surface area contributed by atoms with Crippen LogP contribution < -0.4 is 5.32 Å². The van der Waals surface area contributed by atoms with Crippen LogP contribution in [-0.4, -0.2) is 41.5 Å². The Bertz CT molecular complexity index is 867. The van der Waals surface area contributed by atoms with Crippen molar-refractivity contribution < 1.29 is 14.7 Å². The molecule has 1 atom stereocenters. The molecule has 0 aliphatic carbocycles. The molecule has 0 aromatic heterocycles. The number of benzene rings is 2. The molecular formula is C23H27ClN2O3. The standard InChI is InChI=1S/C23H27ClN2O3/c1-22(2)16-26(15-13-23(22,29)18-8-10-19(24)11-9-18)20(27)12-14-25-21(28)17-6-4-3-5-7-17/h3-11,29H,12-16H2,1-2H3,(H,25,28)/t23-/m0/s1. The zero-order valence-electron chi connectivity index (χ0n) is 16.8. The van der Waals surface area contributed by atoms with Crippen molar-refractivity contribution >= 4 is 23.4 Å². The summed E-state index contributed by atoms with van der Waals surface area (Å²) in [5.74, 6) is -0.209. The average molecular weight is 415 g/mol. The van der Waals surface area contributed by atoms with Crippen LogP contribution in [0.25, 0.3) is 0 Å². The molecule has 0 spiro atoms. The van der Waals surface area contributed by atoms with Crippen LogP contribution in [0.5, 0.6) is 0 Å². The van der Waals surface area contributed by atoms with Gasteiger partial charge in [-0.1, -0.05) is 55.8 Å². The molecule has 3 rings (SSSR count). The fourth-order valence-electron chi connectivity index (χ4n) is 3.93. The van der Waals surface area contributed by atoms with E-state index in [9.17, 15) is 14.7 Å². The van der Waals surface area contributed by atoms with Crippen molar-refractivity contribution in [2.24, 2.45) is 5.41 Å². The zero-order chi connectivity index (χ0) is 21.1. The number of nitrogens with zero attached hydrogens (tertiary/aromatic N) is 1. The van der Waals surface area contributed by atoms with Crippen LogP contribution in [0.3, 0.4) is 0 Å². The van der Waals surface area contributed by atoms with Gasteiger partial charge in [0.15, 0.2) is 0 Å². The quantitative estimate of drug-likeness (QED) is 0.785. The number of carbonyl (C=O) groups excluding carboxylic acids is 2. The highest BCUT2D eigenvalue weighted by Gasteiger charge is 2.49. The minimum absolute atomic E-state index is 0.0235. The van der Waals surface area contributed by atoms with Gasteiger partial charge in [0.05, 0.1) is 5.60 Å². The first-order chi connectivity index (χ1) is 13.7. The van der Waals surface area contributed by atoms with E-state index < -0.39 is 11.0 Å². The third-order valence-corrected chi connectivity index (χ3v) is 6.04. The molecule has 154 valence electrons. The first kappa shape index (κ1) is 21.3. The van der Waals surface area contributed by atoms with Crippen molar-refractivity contribution in [3.63, 3.8) is 0 Å². The van der Waals surface area contributed by atoms with Crippen LogP contribution >= 0.6 is 11.6 Å². The van der Waals surface area contributed by atoms with Crippen LogP contribution in [0, 0.1) is 5.41 Å². The molecule has 0 radical (unpaired) electrons. The second kappa shape index (κ2) is 8.56. The van der Waals surface area contributed by atoms with Crippen molar-refractivity contribution in [2.45, 2.75) is 32.3 Å². The van der Waals surface area contributed by atoms with E-state index in [1.807, 2.05) is 32.0 Å². The summed E-state index contributed by atoms with van der Waals surface area (Å²) in [5.41, 5.74) is -0.168. The van der Waals surface area contributed by atoms with Gasteiger partial charge in [0.1, 0.15) is 0 Å². The summed E-state index contributed by atoms with van der Waals surface area (Å²) in [6, 6.07) is 16.2. The van der Waals surface area contributed by atoms with E-state index >= 15 is 0 Å². The molecule has 5 nitrogen and oxygen atoms in total. The number of carbonyl (C=O) groups is 2. The lowest BCUT2D eigenvalue weighted by atomic mass is 9.66. The minimum atomic E-state index is -1.03. The maximum Gasteiger partial charge on any atom is 0.251 e. The van der Waals surface area contributed by atoms with Crippen molar-refractivity contribution in [1.29, 1.82) is 0 Å². The second-order valence-corrected chi connectivity index (χ2v) is 8.62. The lowest BCUT2D eigenvalue weighted by Crippen LogP contribution is -2.56. The summed E-state index contributed by atoms with van der Waals surface area (Å²) in [6.07, 6.45) is 0.678. The molecule has 2 aromatic carbocycles. The lowest BCUT2D eigenvalue weighted by Gasteiger charge is -2.50. The van der Waals surface area contributed by atoms with Gasteiger partial charge >= 0.3 is 0 Å². The van der Waals surface area contributed by atoms with Crippen LogP contribution in [0.1, 0.15) is 42.6 Å². The highest BCUT2D eigenvalue weighted by molar-refractivity contribution is 6.30. The highest BCUT2D eigenvalue weighted by Crippen LogP contribution is 2.46. The van der Waals surface area contributed by atoms with E-state index in [2.05, 4.69) is 5.32 Å². The van der Waals surface area contributed by atoms with Crippen molar-refractivity contribution in [1.82, 2.24) is 10.2 Å². The van der Waals surface area contributed by atoms with Crippen LogP contribution in [0.4, 0.5) is 0 Å². The lowest BCUT2D eigenvalue weighted by molar-refractivity contribution is -0.153. The summed E-state index contributed by atoms with van der Waals surface area (Å²) >= 11 is 5.98. The Morgan fingerprint density at radius 3 is 2.38 bits per heavy atom. The molecule has 1 aliphatic heterocycles. The van der Waals surface area contributed by atoms with Gasteiger partial charge in [-0.05, 0) is 36.2 Å². The predicted molar refractivity (Wildman–Crippen MR) is 114 cm³/mol. The Morgan fingerprint density at radius 2 is 1.76 bits per heavy atom. The molecule has 0 unspecified atom stereocenters. The van der Waals surface area contributed by atoms with Gasteiger partial charge in [-0.15, -0.1) is 0 Å².